The fourth-order valence-electron chi connectivity index (χ4n) is 4.86. The number of rotatable bonds is 7. The molecule has 0 bridgehead atoms. The first-order chi connectivity index (χ1) is 16.5. The lowest BCUT2D eigenvalue weighted by Gasteiger charge is -2.22. The predicted molar refractivity (Wildman–Crippen MR) is 135 cm³/mol. The van der Waals surface area contributed by atoms with Crippen molar-refractivity contribution < 1.29 is 23.4 Å². The molecule has 0 spiro atoms. The summed E-state index contributed by atoms with van der Waals surface area (Å²) in [7, 11) is 4.88. The van der Waals surface area contributed by atoms with Gasteiger partial charge in [0.25, 0.3) is 0 Å². The topological polar surface area (TPSA) is 69.9 Å². The standard InChI is InChI=1S/C28H33NO5/c1-17(13-26(30)29-20-9-7-6-8-10-20)21-15-22-23(16-34-28(22)18(2)27(21)33-5)19-11-12-24(31-3)25(14-19)32-4/h11-16,20H,6-10H2,1-5H3,(H,29,30)/b17-13+. The summed E-state index contributed by atoms with van der Waals surface area (Å²) in [6.45, 7) is 3.92. The monoisotopic (exact) mass is 463 g/mol. The molecule has 1 amide bonds. The molecule has 3 aromatic rings. The molecule has 0 unspecified atom stereocenters. The molecule has 6 nitrogen and oxygen atoms in total. The van der Waals surface area contributed by atoms with Gasteiger partial charge >= 0.3 is 0 Å². The van der Waals surface area contributed by atoms with E-state index >= 15 is 0 Å². The van der Waals surface area contributed by atoms with Gasteiger partial charge in [-0.15, -0.1) is 0 Å². The number of benzene rings is 2. The van der Waals surface area contributed by atoms with Crippen LogP contribution < -0.4 is 19.5 Å². The molecule has 0 radical (unpaired) electrons. The first-order valence-corrected chi connectivity index (χ1v) is 11.8. The molecule has 1 aliphatic carbocycles. The van der Waals surface area contributed by atoms with Gasteiger partial charge in [0.15, 0.2) is 11.5 Å². The van der Waals surface area contributed by atoms with Crippen molar-refractivity contribution >= 4 is 22.4 Å². The lowest BCUT2D eigenvalue weighted by Crippen LogP contribution is -2.35. The number of hydrogen-bond donors (Lipinski definition) is 1. The van der Waals surface area contributed by atoms with Crippen molar-refractivity contribution in [1.82, 2.24) is 5.32 Å². The van der Waals surface area contributed by atoms with E-state index in [2.05, 4.69) is 5.32 Å². The maximum atomic E-state index is 12.7. The number of furan rings is 1. The van der Waals surface area contributed by atoms with Crippen molar-refractivity contribution in [3.63, 3.8) is 0 Å². The molecule has 1 aromatic heterocycles. The van der Waals surface area contributed by atoms with Gasteiger partial charge in [0.05, 0.1) is 27.6 Å². The molecule has 34 heavy (non-hydrogen) atoms. The highest BCUT2D eigenvalue weighted by molar-refractivity contribution is 6.02. The zero-order valence-electron chi connectivity index (χ0n) is 20.6. The van der Waals surface area contributed by atoms with Crippen LogP contribution in [0.4, 0.5) is 0 Å². The summed E-state index contributed by atoms with van der Waals surface area (Å²) < 4.78 is 22.6. The van der Waals surface area contributed by atoms with Crippen molar-refractivity contribution in [2.45, 2.75) is 52.0 Å². The van der Waals surface area contributed by atoms with E-state index in [0.29, 0.717) is 17.2 Å². The van der Waals surface area contributed by atoms with Crippen LogP contribution in [0.15, 0.2) is 41.0 Å². The van der Waals surface area contributed by atoms with Crippen LogP contribution >= 0.6 is 0 Å². The molecule has 2 aromatic carbocycles. The molecule has 1 aliphatic rings. The van der Waals surface area contributed by atoms with Crippen molar-refractivity contribution in [2.24, 2.45) is 0 Å². The smallest absolute Gasteiger partial charge is 0.244 e. The van der Waals surface area contributed by atoms with Crippen LogP contribution in [0.2, 0.25) is 0 Å². The van der Waals surface area contributed by atoms with Crippen molar-refractivity contribution in [1.29, 1.82) is 0 Å². The maximum Gasteiger partial charge on any atom is 0.244 e. The van der Waals surface area contributed by atoms with Crippen molar-refractivity contribution in [3.8, 4) is 28.4 Å². The molecular weight excluding hydrogens is 430 g/mol. The van der Waals surface area contributed by atoms with Gasteiger partial charge in [-0.05, 0) is 56.0 Å². The third-order valence-corrected chi connectivity index (χ3v) is 6.67. The molecule has 1 fully saturated rings. The SMILES string of the molecule is COc1ccc(-c2coc3c(C)c(OC)c(/C(C)=C/C(=O)NC4CCCCC4)cc23)cc1OC. The molecule has 4 rings (SSSR count). The number of allylic oxidation sites excluding steroid dienone is 1. The van der Waals surface area contributed by atoms with E-state index in [1.807, 2.05) is 38.1 Å². The molecule has 0 atom stereocenters. The summed E-state index contributed by atoms with van der Waals surface area (Å²) in [5, 5.41) is 4.11. The Morgan fingerprint density at radius 3 is 2.44 bits per heavy atom. The third kappa shape index (κ3) is 4.63. The number of carbonyl (C=O) groups excluding carboxylic acids is 1. The van der Waals surface area contributed by atoms with Gasteiger partial charge in [-0.25, -0.2) is 0 Å². The average molecular weight is 464 g/mol. The maximum absolute atomic E-state index is 12.7. The fraction of sp³-hybridized carbons (Fsp3) is 0.393. The number of amides is 1. The summed E-state index contributed by atoms with van der Waals surface area (Å²) in [4.78, 5) is 12.7. The first-order valence-electron chi connectivity index (χ1n) is 11.8. The highest BCUT2D eigenvalue weighted by Crippen LogP contribution is 2.42. The zero-order valence-corrected chi connectivity index (χ0v) is 20.6. The highest BCUT2D eigenvalue weighted by atomic mass is 16.5. The number of ether oxygens (including phenoxy) is 3. The Bertz CT molecular complexity index is 1220. The molecular formula is C28H33NO5. The number of carbonyl (C=O) groups is 1. The first kappa shape index (κ1) is 23.7. The minimum atomic E-state index is -0.0588. The second kappa shape index (κ2) is 10.2. The fourth-order valence-corrected chi connectivity index (χ4v) is 4.86. The minimum absolute atomic E-state index is 0.0588. The van der Waals surface area contributed by atoms with Crippen LogP contribution in [-0.4, -0.2) is 33.3 Å². The number of hydrogen-bond acceptors (Lipinski definition) is 5. The third-order valence-electron chi connectivity index (χ3n) is 6.67. The second-order valence-electron chi connectivity index (χ2n) is 8.85. The van der Waals surface area contributed by atoms with E-state index in [0.717, 1.165) is 51.6 Å². The molecule has 1 saturated carbocycles. The average Bonchev–Trinajstić information content (AvgIpc) is 3.28. The van der Waals surface area contributed by atoms with Gasteiger partial charge in [0.1, 0.15) is 11.3 Å². The Morgan fingerprint density at radius 2 is 1.76 bits per heavy atom. The van der Waals surface area contributed by atoms with Gasteiger partial charge in [0, 0.05) is 34.2 Å². The highest BCUT2D eigenvalue weighted by Gasteiger charge is 2.20. The molecule has 0 saturated heterocycles. The molecule has 180 valence electrons. The van der Waals surface area contributed by atoms with Gasteiger partial charge in [-0.2, -0.15) is 0 Å². The van der Waals surface area contributed by atoms with E-state index in [1.54, 1.807) is 33.7 Å². The Labute approximate surface area is 200 Å². The molecule has 1 N–H and O–H groups in total. The van der Waals surface area contributed by atoms with Gasteiger partial charge in [0.2, 0.25) is 5.91 Å². The van der Waals surface area contributed by atoms with Gasteiger partial charge in [-0.3, -0.25) is 4.79 Å². The number of methoxy groups -OCH3 is 3. The van der Waals surface area contributed by atoms with E-state index in [4.69, 9.17) is 18.6 Å². The zero-order chi connectivity index (χ0) is 24.2. The molecule has 0 aliphatic heterocycles. The van der Waals surface area contributed by atoms with Gasteiger partial charge < -0.3 is 23.9 Å². The largest absolute Gasteiger partial charge is 0.496 e. The van der Waals surface area contributed by atoms with Crippen LogP contribution in [0.25, 0.3) is 27.7 Å². The lowest BCUT2D eigenvalue weighted by molar-refractivity contribution is -0.117. The Balaban J connectivity index is 1.74. The minimum Gasteiger partial charge on any atom is -0.496 e. The number of nitrogens with one attached hydrogen (secondary N) is 1. The van der Waals surface area contributed by atoms with Crippen LogP contribution in [-0.2, 0) is 4.79 Å². The van der Waals surface area contributed by atoms with Crippen LogP contribution in [0.5, 0.6) is 17.2 Å². The predicted octanol–water partition coefficient (Wildman–Crippen LogP) is 6.29. The second-order valence-corrected chi connectivity index (χ2v) is 8.85. The Morgan fingerprint density at radius 1 is 1.03 bits per heavy atom. The summed E-state index contributed by atoms with van der Waals surface area (Å²) in [5.41, 5.74) is 5.24. The summed E-state index contributed by atoms with van der Waals surface area (Å²) >= 11 is 0. The molecule has 1 heterocycles. The van der Waals surface area contributed by atoms with Crippen molar-refractivity contribution in [3.05, 3.63) is 47.7 Å². The lowest BCUT2D eigenvalue weighted by atomic mass is 9.95. The van der Waals surface area contributed by atoms with E-state index in [9.17, 15) is 4.79 Å². The Kier molecular flexibility index (Phi) is 7.15. The Hall–Kier alpha value is -3.41. The van der Waals surface area contributed by atoms with Crippen LogP contribution in [0, 0.1) is 6.92 Å². The van der Waals surface area contributed by atoms with E-state index < -0.39 is 0 Å². The molecule has 6 heteroatoms. The van der Waals surface area contributed by atoms with E-state index in [-0.39, 0.29) is 11.9 Å². The van der Waals surface area contributed by atoms with Crippen molar-refractivity contribution in [2.75, 3.05) is 21.3 Å². The normalized spacial score (nSPS) is 14.8. The van der Waals surface area contributed by atoms with E-state index in [1.165, 1.54) is 19.3 Å². The summed E-state index contributed by atoms with van der Waals surface area (Å²) in [5.74, 6) is 1.96. The van der Waals surface area contributed by atoms with Gasteiger partial charge in [-0.1, -0.05) is 25.3 Å². The number of fused-ring (bicyclic) bond motifs is 1. The number of aryl methyl sites for hydroxylation is 1. The van der Waals surface area contributed by atoms with Crippen LogP contribution in [0.3, 0.4) is 0 Å². The quantitative estimate of drug-likeness (QED) is 0.417. The van der Waals surface area contributed by atoms with Crippen LogP contribution in [0.1, 0.15) is 50.2 Å². The summed E-state index contributed by atoms with van der Waals surface area (Å²) in [6.07, 6.45) is 9.14. The summed E-state index contributed by atoms with van der Waals surface area (Å²) in [6, 6.07) is 8.09.